The van der Waals surface area contributed by atoms with Crippen LogP contribution >= 0.6 is 11.6 Å². The van der Waals surface area contributed by atoms with Gasteiger partial charge in [0.2, 0.25) is 0 Å². The number of ether oxygens (including phenoxy) is 2. The van der Waals surface area contributed by atoms with Crippen LogP contribution in [0.5, 0.6) is 5.75 Å². The molecule has 0 heterocycles. The lowest BCUT2D eigenvalue weighted by Crippen LogP contribution is -2.21. The average Bonchev–Trinajstić information content (AvgIpc) is 2.25. The molecule has 1 aromatic carbocycles. The van der Waals surface area contributed by atoms with Gasteiger partial charge in [-0.2, -0.15) is 0 Å². The summed E-state index contributed by atoms with van der Waals surface area (Å²) in [5.74, 6) is -1.12. The normalized spacial score (nSPS) is 9.62. The molecule has 0 aliphatic heterocycles. The fourth-order valence-corrected chi connectivity index (χ4v) is 1.23. The molecule has 0 saturated heterocycles. The van der Waals surface area contributed by atoms with E-state index in [9.17, 15) is 9.59 Å². The zero-order chi connectivity index (χ0) is 12.1. The number of hydrogen-bond acceptors (Lipinski definition) is 4. The molecule has 1 rings (SSSR count). The number of nitrogens with two attached hydrogens (primary N) is 1. The molecule has 0 spiro atoms. The van der Waals surface area contributed by atoms with Crippen LogP contribution < -0.4 is 10.5 Å². The minimum Gasteiger partial charge on any atom is -0.496 e. The van der Waals surface area contributed by atoms with Crippen molar-refractivity contribution in [2.75, 3.05) is 13.7 Å². The van der Waals surface area contributed by atoms with Crippen molar-refractivity contribution in [1.82, 2.24) is 0 Å². The highest BCUT2D eigenvalue weighted by Gasteiger charge is 2.14. The second-order valence-corrected chi connectivity index (χ2v) is 3.32. The molecule has 0 unspecified atom stereocenters. The van der Waals surface area contributed by atoms with Crippen molar-refractivity contribution in [2.24, 2.45) is 5.73 Å². The van der Waals surface area contributed by atoms with Crippen LogP contribution in [0.2, 0.25) is 5.02 Å². The van der Waals surface area contributed by atoms with Crippen molar-refractivity contribution < 1.29 is 19.1 Å². The van der Waals surface area contributed by atoms with Crippen molar-refractivity contribution >= 4 is 23.5 Å². The zero-order valence-corrected chi connectivity index (χ0v) is 9.28. The summed E-state index contributed by atoms with van der Waals surface area (Å²) >= 11 is 5.73. The molecule has 0 aromatic heterocycles. The second-order valence-electron chi connectivity index (χ2n) is 2.89. The van der Waals surface area contributed by atoms with E-state index in [1.165, 1.54) is 19.2 Å². The molecule has 1 aromatic rings. The summed E-state index contributed by atoms with van der Waals surface area (Å²) in [6, 6.07) is 4.50. The first-order valence-electron chi connectivity index (χ1n) is 4.33. The first-order valence-corrected chi connectivity index (χ1v) is 4.71. The van der Waals surface area contributed by atoms with Crippen LogP contribution in [0.15, 0.2) is 18.2 Å². The molecule has 0 bridgehead atoms. The van der Waals surface area contributed by atoms with Gasteiger partial charge in [0.05, 0.1) is 7.11 Å². The molecule has 5 nitrogen and oxygen atoms in total. The number of rotatable bonds is 4. The molecule has 2 N–H and O–H groups in total. The Bertz CT molecular complexity index is 419. The quantitative estimate of drug-likeness (QED) is 0.800. The number of hydrogen-bond donors (Lipinski definition) is 1. The third-order valence-corrected chi connectivity index (χ3v) is 1.96. The van der Waals surface area contributed by atoms with Gasteiger partial charge in [0.15, 0.2) is 6.61 Å². The summed E-state index contributed by atoms with van der Waals surface area (Å²) in [5.41, 5.74) is 5.00. The summed E-state index contributed by atoms with van der Waals surface area (Å²) in [6.45, 7) is -0.478. The first-order chi connectivity index (χ1) is 7.54. The Hall–Kier alpha value is -1.75. The van der Waals surface area contributed by atoms with E-state index in [-0.39, 0.29) is 5.56 Å². The standard InChI is InChI=1S/C10H10ClNO4/c1-15-8-3-2-6(11)4-7(8)10(14)16-5-9(12)13/h2-4H,5H2,1H3,(H2,12,13). The molecular formula is C10H10ClNO4. The highest BCUT2D eigenvalue weighted by Crippen LogP contribution is 2.23. The van der Waals surface area contributed by atoms with E-state index >= 15 is 0 Å². The van der Waals surface area contributed by atoms with E-state index in [0.29, 0.717) is 10.8 Å². The van der Waals surface area contributed by atoms with Gasteiger partial charge in [-0.3, -0.25) is 4.79 Å². The fourth-order valence-electron chi connectivity index (χ4n) is 1.05. The van der Waals surface area contributed by atoms with Gasteiger partial charge in [-0.25, -0.2) is 4.79 Å². The van der Waals surface area contributed by atoms with Gasteiger partial charge < -0.3 is 15.2 Å². The Morgan fingerprint density at radius 1 is 1.44 bits per heavy atom. The van der Waals surface area contributed by atoms with Crippen LogP contribution in [0.1, 0.15) is 10.4 Å². The summed E-state index contributed by atoms with van der Waals surface area (Å²) < 4.78 is 9.59. The Morgan fingerprint density at radius 2 is 2.12 bits per heavy atom. The third kappa shape index (κ3) is 3.13. The van der Waals surface area contributed by atoms with Gasteiger partial charge in [0.1, 0.15) is 11.3 Å². The van der Waals surface area contributed by atoms with Crippen LogP contribution in [0, 0.1) is 0 Å². The molecule has 86 valence electrons. The summed E-state index contributed by atoms with van der Waals surface area (Å²) in [7, 11) is 1.41. The van der Waals surface area contributed by atoms with Gasteiger partial charge in [-0.15, -0.1) is 0 Å². The molecule has 16 heavy (non-hydrogen) atoms. The smallest absolute Gasteiger partial charge is 0.342 e. The molecule has 0 fully saturated rings. The average molecular weight is 244 g/mol. The lowest BCUT2D eigenvalue weighted by Gasteiger charge is -2.07. The van der Waals surface area contributed by atoms with Crippen LogP contribution in [-0.2, 0) is 9.53 Å². The number of benzene rings is 1. The van der Waals surface area contributed by atoms with Crippen LogP contribution in [0.25, 0.3) is 0 Å². The molecule has 0 aliphatic carbocycles. The molecule has 6 heteroatoms. The highest BCUT2D eigenvalue weighted by atomic mass is 35.5. The maximum Gasteiger partial charge on any atom is 0.342 e. The highest BCUT2D eigenvalue weighted by molar-refractivity contribution is 6.31. The fraction of sp³-hybridized carbons (Fsp3) is 0.200. The third-order valence-electron chi connectivity index (χ3n) is 1.73. The summed E-state index contributed by atoms with van der Waals surface area (Å²) in [4.78, 5) is 22.0. The molecule has 0 saturated carbocycles. The predicted octanol–water partition coefficient (Wildman–Crippen LogP) is 0.991. The van der Waals surface area contributed by atoms with E-state index in [2.05, 4.69) is 4.74 Å². The van der Waals surface area contributed by atoms with E-state index < -0.39 is 18.5 Å². The molecule has 1 amide bonds. The number of methoxy groups -OCH3 is 1. The minimum atomic E-state index is -0.727. The maximum atomic E-state index is 11.5. The molecule has 0 aliphatic rings. The molecule has 0 radical (unpaired) electrons. The lowest BCUT2D eigenvalue weighted by atomic mass is 10.2. The Labute approximate surface area is 97.1 Å². The number of halogens is 1. The van der Waals surface area contributed by atoms with Crippen molar-refractivity contribution in [3.8, 4) is 5.75 Å². The Balaban J connectivity index is 2.88. The summed E-state index contributed by atoms with van der Waals surface area (Å²) in [6.07, 6.45) is 0. The van der Waals surface area contributed by atoms with Crippen molar-refractivity contribution in [3.63, 3.8) is 0 Å². The Morgan fingerprint density at radius 3 is 2.69 bits per heavy atom. The number of esters is 1. The largest absolute Gasteiger partial charge is 0.496 e. The topological polar surface area (TPSA) is 78.6 Å². The summed E-state index contributed by atoms with van der Waals surface area (Å²) in [5, 5.41) is 0.367. The molecule has 0 atom stereocenters. The van der Waals surface area contributed by atoms with E-state index in [1.807, 2.05) is 0 Å². The number of carbonyl (C=O) groups is 2. The predicted molar refractivity (Wildman–Crippen MR) is 57.5 cm³/mol. The van der Waals surface area contributed by atoms with Gasteiger partial charge >= 0.3 is 5.97 Å². The van der Waals surface area contributed by atoms with Gasteiger partial charge in [-0.1, -0.05) is 11.6 Å². The van der Waals surface area contributed by atoms with Gasteiger partial charge in [-0.05, 0) is 18.2 Å². The van der Waals surface area contributed by atoms with E-state index in [4.69, 9.17) is 22.1 Å². The first kappa shape index (κ1) is 12.3. The van der Waals surface area contributed by atoms with Crippen LogP contribution in [-0.4, -0.2) is 25.6 Å². The Kier molecular flexibility index (Phi) is 4.13. The van der Waals surface area contributed by atoms with Crippen LogP contribution in [0.3, 0.4) is 0 Å². The van der Waals surface area contributed by atoms with E-state index in [1.54, 1.807) is 6.07 Å². The van der Waals surface area contributed by atoms with Gasteiger partial charge in [0.25, 0.3) is 5.91 Å². The minimum absolute atomic E-state index is 0.149. The number of amides is 1. The lowest BCUT2D eigenvalue weighted by molar-refractivity contribution is -0.121. The zero-order valence-electron chi connectivity index (χ0n) is 8.53. The molecular weight excluding hydrogens is 234 g/mol. The van der Waals surface area contributed by atoms with Crippen LogP contribution in [0.4, 0.5) is 0 Å². The van der Waals surface area contributed by atoms with Crippen molar-refractivity contribution in [2.45, 2.75) is 0 Å². The number of primary amides is 1. The van der Waals surface area contributed by atoms with Gasteiger partial charge in [0, 0.05) is 5.02 Å². The number of carbonyl (C=O) groups excluding carboxylic acids is 2. The monoisotopic (exact) mass is 243 g/mol. The van der Waals surface area contributed by atoms with Crippen molar-refractivity contribution in [3.05, 3.63) is 28.8 Å². The second kappa shape index (κ2) is 5.37. The maximum absolute atomic E-state index is 11.5. The van der Waals surface area contributed by atoms with Crippen molar-refractivity contribution in [1.29, 1.82) is 0 Å². The van der Waals surface area contributed by atoms with E-state index in [0.717, 1.165) is 0 Å². The SMILES string of the molecule is COc1ccc(Cl)cc1C(=O)OCC(N)=O.